The van der Waals surface area contributed by atoms with E-state index in [9.17, 15) is 18.4 Å². The predicted molar refractivity (Wildman–Crippen MR) is 101 cm³/mol. The zero-order valence-electron chi connectivity index (χ0n) is 15.7. The SMILES string of the molecule is COc1ccc(OC)c(C=CC(=O)OCC(=O)Nc2ccccc2OC(F)F)c1. The fourth-order valence-electron chi connectivity index (χ4n) is 2.27. The van der Waals surface area contributed by atoms with Crippen LogP contribution in [0.4, 0.5) is 14.5 Å². The first-order chi connectivity index (χ1) is 13.9. The number of carbonyl (C=O) groups is 2. The first-order valence-electron chi connectivity index (χ1n) is 8.33. The number of amides is 1. The molecule has 1 N–H and O–H groups in total. The molecule has 0 atom stereocenters. The van der Waals surface area contributed by atoms with Crippen LogP contribution in [0.2, 0.25) is 0 Å². The lowest BCUT2D eigenvalue weighted by atomic mass is 10.1. The van der Waals surface area contributed by atoms with Crippen LogP contribution in [0.1, 0.15) is 5.56 Å². The third kappa shape index (κ3) is 6.80. The van der Waals surface area contributed by atoms with Crippen LogP contribution in [0, 0.1) is 0 Å². The van der Waals surface area contributed by atoms with Crippen molar-refractivity contribution in [3.05, 3.63) is 54.1 Å². The molecule has 0 fully saturated rings. The van der Waals surface area contributed by atoms with Crippen LogP contribution in [0.3, 0.4) is 0 Å². The minimum Gasteiger partial charge on any atom is -0.497 e. The molecule has 2 aromatic rings. The van der Waals surface area contributed by atoms with E-state index < -0.39 is 25.1 Å². The molecule has 1 amide bonds. The normalized spacial score (nSPS) is 10.7. The molecule has 2 rings (SSSR count). The number of para-hydroxylation sites is 2. The summed E-state index contributed by atoms with van der Waals surface area (Å²) < 4.78 is 44.2. The monoisotopic (exact) mass is 407 g/mol. The Bertz CT molecular complexity index is 885. The zero-order chi connectivity index (χ0) is 21.2. The summed E-state index contributed by atoms with van der Waals surface area (Å²) in [6.45, 7) is -3.65. The van der Waals surface area contributed by atoms with Gasteiger partial charge in [-0.3, -0.25) is 4.79 Å². The van der Waals surface area contributed by atoms with Crippen molar-refractivity contribution in [1.82, 2.24) is 0 Å². The van der Waals surface area contributed by atoms with Gasteiger partial charge in [-0.25, -0.2) is 4.79 Å². The Labute approximate surface area is 165 Å². The Morgan fingerprint density at radius 3 is 2.52 bits per heavy atom. The van der Waals surface area contributed by atoms with E-state index in [1.165, 1.54) is 44.6 Å². The first kappa shape index (κ1) is 21.7. The van der Waals surface area contributed by atoms with Gasteiger partial charge in [-0.2, -0.15) is 8.78 Å². The van der Waals surface area contributed by atoms with Gasteiger partial charge in [-0.1, -0.05) is 12.1 Å². The molecule has 0 saturated heterocycles. The van der Waals surface area contributed by atoms with E-state index in [1.807, 2.05) is 0 Å². The number of halogens is 2. The Morgan fingerprint density at radius 2 is 1.83 bits per heavy atom. The van der Waals surface area contributed by atoms with E-state index in [-0.39, 0.29) is 11.4 Å². The summed E-state index contributed by atoms with van der Waals surface area (Å²) >= 11 is 0. The lowest BCUT2D eigenvalue weighted by Gasteiger charge is -2.11. The lowest BCUT2D eigenvalue weighted by molar-refractivity contribution is -0.142. The second-order valence-corrected chi connectivity index (χ2v) is 5.47. The van der Waals surface area contributed by atoms with Crippen LogP contribution in [0.15, 0.2) is 48.5 Å². The first-order valence-corrected chi connectivity index (χ1v) is 8.33. The summed E-state index contributed by atoms with van der Waals surface area (Å²) in [6, 6.07) is 10.7. The fourth-order valence-corrected chi connectivity index (χ4v) is 2.27. The number of hydrogen-bond acceptors (Lipinski definition) is 6. The molecular formula is C20H19F2NO6. The summed E-state index contributed by atoms with van der Waals surface area (Å²) in [5.41, 5.74) is 0.608. The number of benzene rings is 2. The molecule has 0 aromatic heterocycles. The van der Waals surface area contributed by atoms with Gasteiger partial charge in [0, 0.05) is 11.6 Å². The molecule has 0 saturated carbocycles. The van der Waals surface area contributed by atoms with Crippen molar-refractivity contribution in [3.8, 4) is 17.2 Å². The fraction of sp³-hybridized carbons (Fsp3) is 0.200. The van der Waals surface area contributed by atoms with Gasteiger partial charge in [0.1, 0.15) is 17.2 Å². The second kappa shape index (κ2) is 10.6. The molecule has 7 nitrogen and oxygen atoms in total. The molecule has 2 aromatic carbocycles. The van der Waals surface area contributed by atoms with Crippen LogP contribution < -0.4 is 19.5 Å². The average molecular weight is 407 g/mol. The number of esters is 1. The maximum absolute atomic E-state index is 12.4. The Kier molecular flexibility index (Phi) is 7.96. The van der Waals surface area contributed by atoms with Crippen molar-refractivity contribution >= 4 is 23.6 Å². The Morgan fingerprint density at radius 1 is 1.07 bits per heavy atom. The third-order valence-electron chi connectivity index (χ3n) is 3.56. The molecule has 0 spiro atoms. The lowest BCUT2D eigenvalue weighted by Crippen LogP contribution is -2.20. The van der Waals surface area contributed by atoms with Crippen molar-refractivity contribution in [3.63, 3.8) is 0 Å². The van der Waals surface area contributed by atoms with Crippen molar-refractivity contribution in [2.75, 3.05) is 26.1 Å². The molecule has 0 aliphatic carbocycles. The van der Waals surface area contributed by atoms with E-state index in [0.717, 1.165) is 6.08 Å². The smallest absolute Gasteiger partial charge is 0.387 e. The highest BCUT2D eigenvalue weighted by Gasteiger charge is 2.12. The van der Waals surface area contributed by atoms with Gasteiger partial charge in [0.25, 0.3) is 5.91 Å². The summed E-state index contributed by atoms with van der Waals surface area (Å²) in [4.78, 5) is 23.8. The average Bonchev–Trinajstić information content (AvgIpc) is 2.71. The van der Waals surface area contributed by atoms with Gasteiger partial charge in [-0.05, 0) is 36.4 Å². The van der Waals surface area contributed by atoms with Gasteiger partial charge >= 0.3 is 12.6 Å². The number of methoxy groups -OCH3 is 2. The number of rotatable bonds is 9. The minimum atomic E-state index is -3.04. The largest absolute Gasteiger partial charge is 0.497 e. The van der Waals surface area contributed by atoms with Crippen molar-refractivity contribution in [1.29, 1.82) is 0 Å². The van der Waals surface area contributed by atoms with Crippen LogP contribution in [-0.4, -0.2) is 39.3 Å². The number of alkyl halides is 2. The van der Waals surface area contributed by atoms with Gasteiger partial charge in [0.05, 0.1) is 19.9 Å². The van der Waals surface area contributed by atoms with E-state index in [0.29, 0.717) is 17.1 Å². The van der Waals surface area contributed by atoms with Crippen molar-refractivity contribution in [2.24, 2.45) is 0 Å². The quantitative estimate of drug-likeness (QED) is 0.506. The molecule has 9 heteroatoms. The van der Waals surface area contributed by atoms with E-state index >= 15 is 0 Å². The van der Waals surface area contributed by atoms with E-state index in [1.54, 1.807) is 18.2 Å². The summed E-state index contributed by atoms with van der Waals surface area (Å²) in [7, 11) is 2.99. The number of ether oxygens (including phenoxy) is 4. The highest BCUT2D eigenvalue weighted by molar-refractivity contribution is 5.95. The Balaban J connectivity index is 1.93. The van der Waals surface area contributed by atoms with Crippen LogP contribution in [0.5, 0.6) is 17.2 Å². The number of carbonyl (C=O) groups excluding carboxylic acids is 2. The predicted octanol–water partition coefficient (Wildman–Crippen LogP) is 3.50. The summed E-state index contributed by atoms with van der Waals surface area (Å²) in [6.07, 6.45) is 2.58. The van der Waals surface area contributed by atoms with Crippen LogP contribution >= 0.6 is 0 Å². The molecule has 0 unspecified atom stereocenters. The highest BCUT2D eigenvalue weighted by atomic mass is 19.3. The van der Waals surface area contributed by atoms with Gasteiger partial charge in [0.2, 0.25) is 0 Å². The maximum atomic E-state index is 12.4. The number of hydrogen-bond donors (Lipinski definition) is 1. The standard InChI is InChI=1S/C20H19F2NO6/c1-26-14-8-9-16(27-2)13(11-14)7-10-19(25)28-12-18(24)23-15-5-3-4-6-17(15)29-20(21)22/h3-11,20H,12H2,1-2H3,(H,23,24). The molecule has 0 bridgehead atoms. The number of nitrogens with one attached hydrogen (secondary N) is 1. The molecule has 154 valence electrons. The van der Waals surface area contributed by atoms with Crippen LogP contribution in [-0.2, 0) is 14.3 Å². The third-order valence-corrected chi connectivity index (χ3v) is 3.56. The topological polar surface area (TPSA) is 83.1 Å². The van der Waals surface area contributed by atoms with E-state index in [2.05, 4.69) is 10.1 Å². The molecule has 29 heavy (non-hydrogen) atoms. The maximum Gasteiger partial charge on any atom is 0.387 e. The molecule has 0 radical (unpaired) electrons. The van der Waals surface area contributed by atoms with Crippen molar-refractivity contribution < 1.29 is 37.3 Å². The summed E-state index contributed by atoms with van der Waals surface area (Å²) in [5.74, 6) is -0.600. The van der Waals surface area contributed by atoms with Gasteiger partial charge in [0.15, 0.2) is 6.61 Å². The molecular weight excluding hydrogens is 388 g/mol. The Hall–Kier alpha value is -3.62. The van der Waals surface area contributed by atoms with Crippen molar-refractivity contribution in [2.45, 2.75) is 6.61 Å². The molecule has 0 aliphatic heterocycles. The van der Waals surface area contributed by atoms with Crippen LogP contribution in [0.25, 0.3) is 6.08 Å². The second-order valence-electron chi connectivity index (χ2n) is 5.47. The summed E-state index contributed by atoms with van der Waals surface area (Å²) in [5, 5.41) is 2.34. The van der Waals surface area contributed by atoms with Gasteiger partial charge < -0.3 is 24.3 Å². The minimum absolute atomic E-state index is 0.0329. The number of anilines is 1. The molecule has 0 aliphatic rings. The van der Waals surface area contributed by atoms with Gasteiger partial charge in [-0.15, -0.1) is 0 Å². The highest BCUT2D eigenvalue weighted by Crippen LogP contribution is 2.26. The molecule has 0 heterocycles. The van der Waals surface area contributed by atoms with E-state index in [4.69, 9.17) is 14.2 Å². The zero-order valence-corrected chi connectivity index (χ0v) is 15.7.